The van der Waals surface area contributed by atoms with Crippen molar-refractivity contribution < 1.29 is 27.5 Å². The van der Waals surface area contributed by atoms with Crippen molar-refractivity contribution in [3.05, 3.63) is 89.6 Å². The predicted octanol–water partition coefficient (Wildman–Crippen LogP) is 4.06. The molecule has 1 aromatic heterocycles. The largest absolute Gasteiger partial charge is 0.484 e. The number of ketones is 1. The third kappa shape index (κ3) is 5.54. The second kappa shape index (κ2) is 9.94. The van der Waals surface area contributed by atoms with Crippen molar-refractivity contribution in [2.75, 3.05) is 37.7 Å². The molecule has 0 spiro atoms. The Morgan fingerprint density at radius 3 is 2.09 bits per heavy atom. The molecule has 0 atom stereocenters. The maximum atomic E-state index is 12.7. The third-order valence-electron chi connectivity index (χ3n) is 5.55. The molecule has 0 N–H and O–H groups in total. The smallest absolute Gasteiger partial charge is 0.417 e. The molecule has 0 unspecified atom stereocenters. The van der Waals surface area contributed by atoms with Crippen molar-refractivity contribution in [1.82, 2.24) is 9.88 Å². The summed E-state index contributed by atoms with van der Waals surface area (Å²) in [5, 5.41) is 0. The van der Waals surface area contributed by atoms with Crippen LogP contribution in [0.3, 0.4) is 0 Å². The summed E-state index contributed by atoms with van der Waals surface area (Å²) in [4.78, 5) is 32.4. The van der Waals surface area contributed by atoms with Gasteiger partial charge in [-0.15, -0.1) is 0 Å². The first-order chi connectivity index (χ1) is 16.3. The van der Waals surface area contributed by atoms with E-state index in [1.54, 1.807) is 53.4 Å². The molecule has 1 aliphatic heterocycles. The molecule has 34 heavy (non-hydrogen) atoms. The first-order valence-corrected chi connectivity index (χ1v) is 10.7. The number of aromatic nitrogens is 1. The lowest BCUT2D eigenvalue weighted by atomic mass is 10.0. The Morgan fingerprint density at radius 1 is 0.853 bits per heavy atom. The summed E-state index contributed by atoms with van der Waals surface area (Å²) < 4.78 is 43.7. The SMILES string of the molecule is O=C(c1ccccc1)c1ccc(OCC(=O)N2CCN(c3ccc(C(F)(F)F)cn3)CC2)cc1. The van der Waals surface area contributed by atoms with Crippen LogP contribution in [0.4, 0.5) is 19.0 Å². The van der Waals surface area contributed by atoms with Crippen molar-refractivity contribution in [2.24, 2.45) is 0 Å². The number of carbonyl (C=O) groups is 2. The summed E-state index contributed by atoms with van der Waals surface area (Å²) in [6, 6.07) is 17.9. The van der Waals surface area contributed by atoms with E-state index >= 15 is 0 Å². The summed E-state index contributed by atoms with van der Waals surface area (Å²) in [5.41, 5.74) is 0.328. The fourth-order valence-electron chi connectivity index (χ4n) is 3.62. The lowest BCUT2D eigenvalue weighted by Gasteiger charge is -2.35. The van der Waals surface area contributed by atoms with Crippen LogP contribution in [0.25, 0.3) is 0 Å². The van der Waals surface area contributed by atoms with Crippen LogP contribution in [0, 0.1) is 0 Å². The molecule has 1 fully saturated rings. The van der Waals surface area contributed by atoms with Gasteiger partial charge in [0.1, 0.15) is 11.6 Å². The summed E-state index contributed by atoms with van der Waals surface area (Å²) in [6.07, 6.45) is -3.60. The lowest BCUT2D eigenvalue weighted by Crippen LogP contribution is -2.50. The number of anilines is 1. The van der Waals surface area contributed by atoms with Crippen LogP contribution in [-0.2, 0) is 11.0 Å². The molecule has 2 aromatic carbocycles. The number of carbonyl (C=O) groups excluding carboxylic acids is 2. The molecule has 1 saturated heterocycles. The number of benzene rings is 2. The van der Waals surface area contributed by atoms with Gasteiger partial charge in [0.2, 0.25) is 0 Å². The highest BCUT2D eigenvalue weighted by Gasteiger charge is 2.31. The number of amides is 1. The highest BCUT2D eigenvalue weighted by molar-refractivity contribution is 6.08. The second-order valence-corrected chi connectivity index (χ2v) is 7.78. The number of piperazine rings is 1. The van der Waals surface area contributed by atoms with E-state index in [1.807, 2.05) is 11.0 Å². The minimum atomic E-state index is -4.42. The molecule has 4 rings (SSSR count). The fourth-order valence-corrected chi connectivity index (χ4v) is 3.62. The van der Waals surface area contributed by atoms with Gasteiger partial charge in [-0.1, -0.05) is 30.3 Å². The molecule has 1 amide bonds. The zero-order chi connectivity index (χ0) is 24.1. The summed E-state index contributed by atoms with van der Waals surface area (Å²) in [7, 11) is 0. The van der Waals surface area contributed by atoms with Crippen LogP contribution >= 0.6 is 0 Å². The monoisotopic (exact) mass is 469 g/mol. The van der Waals surface area contributed by atoms with E-state index < -0.39 is 11.7 Å². The number of rotatable bonds is 6. The van der Waals surface area contributed by atoms with Crippen molar-refractivity contribution in [1.29, 1.82) is 0 Å². The van der Waals surface area contributed by atoms with Crippen LogP contribution in [0.1, 0.15) is 21.5 Å². The number of hydrogen-bond donors (Lipinski definition) is 0. The zero-order valence-electron chi connectivity index (χ0n) is 18.2. The van der Waals surface area contributed by atoms with Gasteiger partial charge in [0.25, 0.3) is 5.91 Å². The molecule has 2 heterocycles. The van der Waals surface area contributed by atoms with Gasteiger partial charge < -0.3 is 14.5 Å². The van der Waals surface area contributed by atoms with Crippen LogP contribution in [0.15, 0.2) is 72.9 Å². The minimum Gasteiger partial charge on any atom is -0.484 e. The highest BCUT2D eigenvalue weighted by atomic mass is 19.4. The molecule has 6 nitrogen and oxygen atoms in total. The molecular formula is C25H22F3N3O3. The standard InChI is InChI=1S/C25H22F3N3O3/c26-25(27,28)20-8-11-22(29-16-20)30-12-14-31(15-13-30)23(32)17-34-21-9-6-19(7-10-21)24(33)18-4-2-1-3-5-18/h1-11,16H,12-15,17H2. The van der Waals surface area contributed by atoms with Crippen molar-refractivity contribution >= 4 is 17.5 Å². The van der Waals surface area contributed by atoms with E-state index in [0.717, 1.165) is 12.3 Å². The molecule has 0 radical (unpaired) electrons. The summed E-state index contributed by atoms with van der Waals surface area (Å²) >= 11 is 0. The summed E-state index contributed by atoms with van der Waals surface area (Å²) in [6.45, 7) is 1.59. The van der Waals surface area contributed by atoms with Crippen molar-refractivity contribution in [2.45, 2.75) is 6.18 Å². The van der Waals surface area contributed by atoms with Gasteiger partial charge in [-0.3, -0.25) is 9.59 Å². The maximum Gasteiger partial charge on any atom is 0.417 e. The Hall–Kier alpha value is -3.88. The predicted molar refractivity (Wildman–Crippen MR) is 120 cm³/mol. The minimum absolute atomic E-state index is 0.0939. The molecule has 1 aliphatic rings. The number of pyridine rings is 1. The van der Waals surface area contributed by atoms with Crippen LogP contribution in [0.5, 0.6) is 5.75 Å². The third-order valence-corrected chi connectivity index (χ3v) is 5.55. The van der Waals surface area contributed by atoms with Gasteiger partial charge in [-0.25, -0.2) is 4.98 Å². The number of ether oxygens (including phenoxy) is 1. The molecule has 176 valence electrons. The van der Waals surface area contributed by atoms with Crippen molar-refractivity contribution in [3.8, 4) is 5.75 Å². The van der Waals surface area contributed by atoms with Crippen LogP contribution in [0.2, 0.25) is 0 Å². The fraction of sp³-hybridized carbons (Fsp3) is 0.240. The quantitative estimate of drug-likeness (QED) is 0.510. The highest BCUT2D eigenvalue weighted by Crippen LogP contribution is 2.29. The van der Waals surface area contributed by atoms with Crippen LogP contribution < -0.4 is 9.64 Å². The first kappa shape index (κ1) is 23.3. The Morgan fingerprint density at radius 2 is 1.50 bits per heavy atom. The molecule has 9 heteroatoms. The Kier molecular flexibility index (Phi) is 6.81. The maximum absolute atomic E-state index is 12.7. The lowest BCUT2D eigenvalue weighted by molar-refractivity contribution is -0.138. The van der Waals surface area contributed by atoms with E-state index in [1.165, 1.54) is 6.07 Å². The zero-order valence-corrected chi connectivity index (χ0v) is 18.2. The molecule has 0 aliphatic carbocycles. The number of nitrogens with zero attached hydrogens (tertiary/aromatic N) is 3. The van der Waals surface area contributed by atoms with Crippen molar-refractivity contribution in [3.63, 3.8) is 0 Å². The normalized spacial score (nSPS) is 14.1. The van der Waals surface area contributed by atoms with Gasteiger partial charge in [-0.2, -0.15) is 13.2 Å². The Bertz CT molecular complexity index is 1130. The van der Waals surface area contributed by atoms with E-state index in [0.29, 0.717) is 48.9 Å². The first-order valence-electron chi connectivity index (χ1n) is 10.7. The average molecular weight is 469 g/mol. The average Bonchev–Trinajstić information content (AvgIpc) is 2.87. The number of alkyl halides is 3. The second-order valence-electron chi connectivity index (χ2n) is 7.78. The summed E-state index contributed by atoms with van der Waals surface area (Å²) in [5.74, 6) is 0.639. The molecule has 3 aromatic rings. The van der Waals surface area contributed by atoms with E-state index in [2.05, 4.69) is 4.98 Å². The molecular weight excluding hydrogens is 447 g/mol. The van der Waals surface area contributed by atoms with Gasteiger partial charge in [-0.05, 0) is 36.4 Å². The Labute approximate surface area is 194 Å². The number of halogens is 3. The topological polar surface area (TPSA) is 62.7 Å². The van der Waals surface area contributed by atoms with Gasteiger partial charge in [0.05, 0.1) is 5.56 Å². The van der Waals surface area contributed by atoms with Gasteiger partial charge >= 0.3 is 6.18 Å². The van der Waals surface area contributed by atoms with E-state index in [4.69, 9.17) is 4.74 Å². The van der Waals surface area contributed by atoms with Crippen LogP contribution in [-0.4, -0.2) is 54.4 Å². The van der Waals surface area contributed by atoms with E-state index in [9.17, 15) is 22.8 Å². The van der Waals surface area contributed by atoms with E-state index in [-0.39, 0.29) is 18.3 Å². The Balaban J connectivity index is 1.25. The molecule has 0 saturated carbocycles. The van der Waals surface area contributed by atoms with Gasteiger partial charge in [0.15, 0.2) is 12.4 Å². The molecule has 0 bridgehead atoms. The number of hydrogen-bond acceptors (Lipinski definition) is 5. The van der Waals surface area contributed by atoms with Gasteiger partial charge in [0, 0.05) is 43.5 Å².